The predicted octanol–water partition coefficient (Wildman–Crippen LogP) is 15.3. The molecule has 70 heavy (non-hydrogen) atoms. The molecule has 346 valence electrons. The first-order valence-corrected chi connectivity index (χ1v) is 23.6. The van der Waals surface area contributed by atoms with Gasteiger partial charge in [-0.05, 0) is 93.4 Å². The van der Waals surface area contributed by atoms with Gasteiger partial charge in [0.2, 0.25) is 5.82 Å². The fraction of sp³-hybridized carbons (Fsp3) is 0.136. The summed E-state index contributed by atoms with van der Waals surface area (Å²) in [5.41, 5.74) is 12.6. The highest BCUT2D eigenvalue weighted by atomic mass is 35.5. The van der Waals surface area contributed by atoms with Gasteiger partial charge in [0.25, 0.3) is 0 Å². The quantitative estimate of drug-likeness (QED) is 0.111. The summed E-state index contributed by atoms with van der Waals surface area (Å²) in [6.07, 6.45) is 1.72. The fourth-order valence-electron chi connectivity index (χ4n) is 8.70. The molecule has 11 heteroatoms. The number of aryl methyl sites for hydroxylation is 1. The average molecular weight is 942 g/mol. The van der Waals surface area contributed by atoms with E-state index in [4.69, 9.17) is 30.9 Å². The van der Waals surface area contributed by atoms with Crippen molar-refractivity contribution in [2.45, 2.75) is 52.4 Å². The highest BCUT2D eigenvalue weighted by Gasteiger charge is 2.22. The van der Waals surface area contributed by atoms with Crippen molar-refractivity contribution in [3.63, 3.8) is 0 Å². The van der Waals surface area contributed by atoms with E-state index in [2.05, 4.69) is 117 Å². The standard InChI is InChI=1S/C59H49ClN6O4/c1-39-54(64-62-52-28-26-51(60)27-29-52)59(65-61-39)66-63-53-34-49-32-47-24-12-22-45(57(47)69-37-41-16-7-3-8-17-41)30-43-20-11-21-44(56(43)68-36-40-14-5-2-6-15-40)31-46-23-13-25-48(33-50(35-53)55(49)67)58(46)70-38-42-18-9-4-10-19-42/h2-29,34-35,67H,30-33,36-38H2,1H3,(H,61,65). The van der Waals surface area contributed by atoms with Crippen molar-refractivity contribution in [3.8, 4) is 23.0 Å². The Morgan fingerprint density at radius 3 is 1.26 bits per heavy atom. The number of nitrogens with zero attached hydrogens (tertiary/aromatic N) is 5. The number of H-pyrrole nitrogens is 1. The molecule has 8 aromatic carbocycles. The first-order chi connectivity index (χ1) is 34.4. The minimum absolute atomic E-state index is 0.153. The van der Waals surface area contributed by atoms with Gasteiger partial charge in [-0.2, -0.15) is 10.2 Å². The Morgan fingerprint density at radius 1 is 0.457 bits per heavy atom. The summed E-state index contributed by atoms with van der Waals surface area (Å²) >= 11 is 6.11. The van der Waals surface area contributed by atoms with Crippen LogP contribution in [-0.4, -0.2) is 15.3 Å². The van der Waals surface area contributed by atoms with E-state index in [1.165, 1.54) is 0 Å². The zero-order chi connectivity index (χ0) is 47.7. The molecule has 0 amide bonds. The van der Waals surface area contributed by atoms with E-state index in [9.17, 15) is 5.11 Å². The maximum Gasteiger partial charge on any atom is 0.223 e. The van der Waals surface area contributed by atoms with Gasteiger partial charge in [0, 0.05) is 41.8 Å². The highest BCUT2D eigenvalue weighted by Crippen LogP contribution is 2.41. The van der Waals surface area contributed by atoms with Crippen molar-refractivity contribution in [2.75, 3.05) is 0 Å². The van der Waals surface area contributed by atoms with Crippen molar-refractivity contribution in [3.05, 3.63) is 254 Å². The van der Waals surface area contributed by atoms with Gasteiger partial charge < -0.3 is 19.3 Å². The molecule has 0 spiro atoms. The molecule has 10 rings (SSSR count). The van der Waals surface area contributed by atoms with E-state index in [-0.39, 0.29) is 11.6 Å². The number of fused-ring (bicyclic) bond motifs is 8. The fourth-order valence-corrected chi connectivity index (χ4v) is 8.83. The van der Waals surface area contributed by atoms with Gasteiger partial charge in [0.05, 0.1) is 17.1 Å². The molecule has 1 aliphatic rings. The summed E-state index contributed by atoms with van der Waals surface area (Å²) in [7, 11) is 0. The van der Waals surface area contributed by atoms with Crippen LogP contribution in [0.4, 0.5) is 22.9 Å². The molecule has 8 bridgehead atoms. The monoisotopic (exact) mass is 940 g/mol. The number of aromatic amines is 1. The number of rotatable bonds is 13. The molecule has 2 N–H and O–H groups in total. The molecule has 0 fully saturated rings. The number of para-hydroxylation sites is 3. The average Bonchev–Trinajstić information content (AvgIpc) is 3.74. The van der Waals surface area contributed by atoms with Crippen LogP contribution >= 0.6 is 11.6 Å². The smallest absolute Gasteiger partial charge is 0.223 e. The number of azo groups is 2. The van der Waals surface area contributed by atoms with Crippen LogP contribution in [0.3, 0.4) is 0 Å². The first-order valence-electron chi connectivity index (χ1n) is 23.2. The zero-order valence-electron chi connectivity index (χ0n) is 38.6. The van der Waals surface area contributed by atoms with Gasteiger partial charge in [-0.25, -0.2) is 0 Å². The molecule has 0 unspecified atom stereocenters. The number of aromatic hydroxyl groups is 1. The summed E-state index contributed by atoms with van der Waals surface area (Å²) in [6.45, 7) is 2.97. The second-order valence-electron chi connectivity index (χ2n) is 17.3. The second-order valence-corrected chi connectivity index (χ2v) is 17.7. The van der Waals surface area contributed by atoms with Crippen molar-refractivity contribution in [1.82, 2.24) is 10.2 Å². The third-order valence-corrected chi connectivity index (χ3v) is 12.5. The van der Waals surface area contributed by atoms with Crippen molar-refractivity contribution < 1.29 is 19.3 Å². The van der Waals surface area contributed by atoms with Crippen LogP contribution in [0.1, 0.15) is 66.9 Å². The molecule has 0 saturated carbocycles. The first kappa shape index (κ1) is 45.4. The Bertz CT molecular complexity index is 3170. The lowest BCUT2D eigenvalue weighted by Gasteiger charge is -2.22. The number of ether oxygens (including phenoxy) is 3. The van der Waals surface area contributed by atoms with Crippen molar-refractivity contribution in [2.24, 2.45) is 20.5 Å². The van der Waals surface area contributed by atoms with Gasteiger partial charge in [0.15, 0.2) is 5.69 Å². The Balaban J connectivity index is 1.11. The number of halogens is 1. The molecular weight excluding hydrogens is 892 g/mol. The second kappa shape index (κ2) is 21.3. The Labute approximate surface area is 412 Å². The van der Waals surface area contributed by atoms with Gasteiger partial charge in [-0.1, -0.05) is 157 Å². The summed E-state index contributed by atoms with van der Waals surface area (Å²) < 4.78 is 20.6. The largest absolute Gasteiger partial charge is 0.507 e. The Morgan fingerprint density at radius 2 is 0.843 bits per heavy atom. The molecule has 1 aromatic heterocycles. The van der Waals surface area contributed by atoms with Crippen LogP contribution in [0.15, 0.2) is 202 Å². The topological polar surface area (TPSA) is 126 Å². The number of aromatic nitrogens is 2. The van der Waals surface area contributed by atoms with E-state index in [0.717, 1.165) is 67.3 Å². The SMILES string of the molecule is Cc1[nH]nc(N=Nc2cc3c(O)c(c2)Cc2cccc(c2OCc2ccccc2)Cc2cccc(c2OCc2ccccc2)Cc2cccc(c2OCc2ccccc2)C3)c1N=Nc1ccc(Cl)cc1. The van der Waals surface area contributed by atoms with Gasteiger partial charge in [-0.3, -0.25) is 5.10 Å². The summed E-state index contributed by atoms with van der Waals surface area (Å²) in [6, 6.07) is 60.2. The Kier molecular flexibility index (Phi) is 13.8. The lowest BCUT2D eigenvalue weighted by atomic mass is 9.91. The molecule has 0 radical (unpaired) electrons. The Hall–Kier alpha value is -8.34. The van der Waals surface area contributed by atoms with E-state index < -0.39 is 0 Å². The minimum atomic E-state index is 0.153. The number of nitrogens with one attached hydrogen (secondary N) is 1. The number of hydrogen-bond donors (Lipinski definition) is 2. The third kappa shape index (κ3) is 10.8. The third-order valence-electron chi connectivity index (χ3n) is 12.2. The molecule has 0 atom stereocenters. The van der Waals surface area contributed by atoms with Gasteiger partial charge >= 0.3 is 0 Å². The molecule has 1 heterocycles. The van der Waals surface area contributed by atoms with E-state index >= 15 is 0 Å². The van der Waals surface area contributed by atoms with Crippen molar-refractivity contribution >= 4 is 34.5 Å². The van der Waals surface area contributed by atoms with Gasteiger partial charge in [-0.15, -0.1) is 15.3 Å². The van der Waals surface area contributed by atoms with E-state index in [0.29, 0.717) is 84.4 Å². The van der Waals surface area contributed by atoms with Crippen LogP contribution in [-0.2, 0) is 45.5 Å². The summed E-state index contributed by atoms with van der Waals surface area (Å²) in [5, 5.41) is 38.7. The molecule has 10 nitrogen and oxygen atoms in total. The van der Waals surface area contributed by atoms with Crippen LogP contribution in [0.25, 0.3) is 0 Å². The van der Waals surface area contributed by atoms with Crippen LogP contribution in [0.5, 0.6) is 23.0 Å². The molecule has 1 aliphatic carbocycles. The zero-order valence-corrected chi connectivity index (χ0v) is 39.3. The summed E-state index contributed by atoms with van der Waals surface area (Å²) in [4.78, 5) is 0. The summed E-state index contributed by atoms with van der Waals surface area (Å²) in [5.74, 6) is 2.74. The number of benzene rings is 8. The lowest BCUT2D eigenvalue weighted by Crippen LogP contribution is -2.08. The molecule has 9 aromatic rings. The van der Waals surface area contributed by atoms with E-state index in [1.807, 2.05) is 73.7 Å². The number of phenols is 1. The number of phenolic OH excluding ortho intramolecular Hbond substituents is 1. The molecule has 0 saturated heterocycles. The highest BCUT2D eigenvalue weighted by molar-refractivity contribution is 6.30. The minimum Gasteiger partial charge on any atom is -0.507 e. The molecule has 0 aliphatic heterocycles. The van der Waals surface area contributed by atoms with Gasteiger partial charge in [0.1, 0.15) is 42.8 Å². The number of hydrogen-bond acceptors (Lipinski definition) is 9. The normalized spacial score (nSPS) is 12.3. The van der Waals surface area contributed by atoms with Crippen LogP contribution < -0.4 is 14.2 Å². The maximum absolute atomic E-state index is 12.4. The van der Waals surface area contributed by atoms with Crippen molar-refractivity contribution in [1.29, 1.82) is 0 Å². The molecular formula is C59H49ClN6O4. The predicted molar refractivity (Wildman–Crippen MR) is 274 cm³/mol. The maximum atomic E-state index is 12.4. The lowest BCUT2D eigenvalue weighted by molar-refractivity contribution is 0.295. The van der Waals surface area contributed by atoms with Crippen LogP contribution in [0.2, 0.25) is 5.02 Å². The van der Waals surface area contributed by atoms with Crippen LogP contribution in [0, 0.1) is 6.92 Å². The van der Waals surface area contributed by atoms with E-state index in [1.54, 1.807) is 24.3 Å².